The molecule has 1 saturated heterocycles. The van der Waals surface area contributed by atoms with Crippen LogP contribution in [0.4, 0.5) is 5.69 Å². The quantitative estimate of drug-likeness (QED) is 0.802. The van der Waals surface area contributed by atoms with Crippen LogP contribution in [0.15, 0.2) is 17.0 Å². The van der Waals surface area contributed by atoms with Crippen LogP contribution in [0.5, 0.6) is 0 Å². The van der Waals surface area contributed by atoms with Gasteiger partial charge in [-0.05, 0) is 12.8 Å². The van der Waals surface area contributed by atoms with E-state index in [0.717, 1.165) is 0 Å². The normalized spacial score (nSPS) is 18.7. The summed E-state index contributed by atoms with van der Waals surface area (Å²) < 4.78 is 9.75. The van der Waals surface area contributed by atoms with Gasteiger partial charge in [0, 0.05) is 13.2 Å². The second-order valence-corrected chi connectivity index (χ2v) is 3.67. The lowest BCUT2D eigenvalue weighted by Gasteiger charge is -2.28. The van der Waals surface area contributed by atoms with Gasteiger partial charge < -0.3 is 14.6 Å². The molecule has 1 fully saturated rings. The molecule has 6 heteroatoms. The maximum atomic E-state index is 12.0. The number of carbonyl (C=O) groups is 1. The molecule has 6 nitrogen and oxygen atoms in total. The molecular weight excluding hydrogens is 210 g/mol. The lowest BCUT2D eigenvalue weighted by molar-refractivity contribution is -0.126. The fourth-order valence-electron chi connectivity index (χ4n) is 1.63. The van der Waals surface area contributed by atoms with Crippen molar-refractivity contribution >= 4 is 11.6 Å². The average molecular weight is 221 g/mol. The van der Waals surface area contributed by atoms with Crippen LogP contribution >= 0.6 is 0 Å². The summed E-state index contributed by atoms with van der Waals surface area (Å²) in [4.78, 5) is 12.0. The molecule has 0 aliphatic carbocycles. The number of amides is 1. The predicted molar refractivity (Wildman–Crippen MR) is 53.2 cm³/mol. The maximum Gasteiger partial charge on any atom is 0.245 e. The first-order valence-electron chi connectivity index (χ1n) is 4.97. The molecule has 1 aromatic heterocycles. The molecule has 0 spiro atoms. The molecule has 84 valence electrons. The highest BCUT2D eigenvalue weighted by atomic mass is 16.5. The summed E-state index contributed by atoms with van der Waals surface area (Å²) in [6.45, 7) is 0.870. The molecule has 0 radical (unpaired) electrons. The van der Waals surface area contributed by atoms with Gasteiger partial charge in [0.15, 0.2) is 0 Å². The third kappa shape index (κ3) is 1.90. The fourth-order valence-corrected chi connectivity index (χ4v) is 1.63. The molecule has 16 heavy (non-hydrogen) atoms. The van der Waals surface area contributed by atoms with Crippen molar-refractivity contribution in [1.82, 2.24) is 5.16 Å². The van der Waals surface area contributed by atoms with E-state index in [2.05, 4.69) is 21.1 Å². The van der Waals surface area contributed by atoms with Gasteiger partial charge in [0.1, 0.15) is 17.4 Å². The van der Waals surface area contributed by atoms with E-state index in [0.29, 0.717) is 31.7 Å². The van der Waals surface area contributed by atoms with E-state index < -0.39 is 5.41 Å². The Morgan fingerprint density at radius 1 is 1.56 bits per heavy atom. The van der Waals surface area contributed by atoms with Crippen molar-refractivity contribution in [3.63, 3.8) is 0 Å². The first-order valence-corrected chi connectivity index (χ1v) is 4.97. The number of hydrogen-bond acceptors (Lipinski definition) is 5. The van der Waals surface area contributed by atoms with Gasteiger partial charge in [-0.15, -0.1) is 0 Å². The molecule has 1 aliphatic heterocycles. The van der Waals surface area contributed by atoms with E-state index in [1.165, 1.54) is 12.5 Å². The standard InChI is InChI=1S/C10H11N3O3/c11-7-10(1-3-15-4-2-10)9(14)13-8-5-12-16-6-8/h5-6H,1-4H2,(H,13,14). The van der Waals surface area contributed by atoms with Crippen molar-refractivity contribution in [2.75, 3.05) is 18.5 Å². The number of carbonyl (C=O) groups excluding carboxylic acids is 1. The van der Waals surface area contributed by atoms with Crippen molar-refractivity contribution in [3.05, 3.63) is 12.5 Å². The molecule has 0 bridgehead atoms. The molecule has 0 aromatic carbocycles. The van der Waals surface area contributed by atoms with Gasteiger partial charge in [0.2, 0.25) is 5.91 Å². The first kappa shape index (κ1) is 10.6. The van der Waals surface area contributed by atoms with E-state index in [-0.39, 0.29) is 5.91 Å². The van der Waals surface area contributed by atoms with Crippen molar-refractivity contribution in [1.29, 1.82) is 5.26 Å². The number of nitrogens with zero attached hydrogens (tertiary/aromatic N) is 2. The Bertz CT molecular complexity index is 401. The number of aromatic nitrogens is 1. The Morgan fingerprint density at radius 3 is 2.88 bits per heavy atom. The smallest absolute Gasteiger partial charge is 0.245 e. The summed E-state index contributed by atoms with van der Waals surface area (Å²) in [5, 5.41) is 15.2. The molecule has 1 aromatic rings. The Hall–Kier alpha value is -1.87. The number of nitriles is 1. The lowest BCUT2D eigenvalue weighted by Crippen LogP contribution is -2.39. The van der Waals surface area contributed by atoms with Crippen molar-refractivity contribution < 1.29 is 14.1 Å². The molecule has 2 heterocycles. The summed E-state index contributed by atoms with van der Waals surface area (Å²) in [7, 11) is 0. The van der Waals surface area contributed by atoms with Gasteiger partial charge in [-0.3, -0.25) is 4.79 Å². The molecular formula is C10H11N3O3. The molecule has 1 amide bonds. The lowest BCUT2D eigenvalue weighted by atomic mass is 9.81. The van der Waals surface area contributed by atoms with Gasteiger partial charge in [0.25, 0.3) is 0 Å². The maximum absolute atomic E-state index is 12.0. The van der Waals surface area contributed by atoms with E-state index in [1.807, 2.05) is 0 Å². The minimum absolute atomic E-state index is 0.318. The Morgan fingerprint density at radius 2 is 2.31 bits per heavy atom. The zero-order valence-electron chi connectivity index (χ0n) is 8.60. The van der Waals surface area contributed by atoms with Crippen molar-refractivity contribution in [3.8, 4) is 6.07 Å². The third-order valence-corrected chi connectivity index (χ3v) is 2.69. The zero-order chi connectivity index (χ0) is 11.4. The summed E-state index contributed by atoms with van der Waals surface area (Å²) >= 11 is 0. The highest BCUT2D eigenvalue weighted by molar-refractivity contribution is 5.97. The molecule has 0 atom stereocenters. The molecule has 2 rings (SSSR count). The summed E-state index contributed by atoms with van der Waals surface area (Å²) in [6, 6.07) is 2.09. The second-order valence-electron chi connectivity index (χ2n) is 3.67. The number of rotatable bonds is 2. The SMILES string of the molecule is N#CC1(C(=O)Nc2cnoc2)CCOCC1. The van der Waals surface area contributed by atoms with Gasteiger partial charge in [-0.2, -0.15) is 5.26 Å². The van der Waals surface area contributed by atoms with E-state index >= 15 is 0 Å². The van der Waals surface area contributed by atoms with Crippen LogP contribution < -0.4 is 5.32 Å². The summed E-state index contributed by atoms with van der Waals surface area (Å²) in [5.41, 5.74) is -0.527. The van der Waals surface area contributed by atoms with Gasteiger partial charge in [0.05, 0.1) is 12.3 Å². The highest BCUT2D eigenvalue weighted by Crippen LogP contribution is 2.31. The van der Waals surface area contributed by atoms with Gasteiger partial charge in [-0.1, -0.05) is 5.16 Å². The topological polar surface area (TPSA) is 88.2 Å². The average Bonchev–Trinajstić information content (AvgIpc) is 2.82. The van der Waals surface area contributed by atoms with Gasteiger partial charge >= 0.3 is 0 Å². The van der Waals surface area contributed by atoms with E-state index in [9.17, 15) is 4.79 Å². The molecule has 1 aliphatic rings. The van der Waals surface area contributed by atoms with Crippen molar-refractivity contribution in [2.24, 2.45) is 5.41 Å². The number of ether oxygens (including phenoxy) is 1. The number of anilines is 1. The van der Waals surface area contributed by atoms with Gasteiger partial charge in [-0.25, -0.2) is 0 Å². The first-order chi connectivity index (χ1) is 7.77. The highest BCUT2D eigenvalue weighted by Gasteiger charge is 2.40. The minimum Gasteiger partial charge on any atom is -0.381 e. The van der Waals surface area contributed by atoms with E-state index in [4.69, 9.17) is 10.00 Å². The zero-order valence-corrected chi connectivity index (χ0v) is 8.60. The van der Waals surface area contributed by atoms with Crippen LogP contribution in [0.2, 0.25) is 0 Å². The van der Waals surface area contributed by atoms with Crippen LogP contribution in [0.25, 0.3) is 0 Å². The Labute approximate surface area is 92.2 Å². The number of nitrogens with one attached hydrogen (secondary N) is 1. The third-order valence-electron chi connectivity index (χ3n) is 2.69. The molecule has 0 saturated carbocycles. The Balaban J connectivity index is 2.10. The summed E-state index contributed by atoms with van der Waals surface area (Å²) in [5.74, 6) is -0.318. The monoisotopic (exact) mass is 221 g/mol. The summed E-state index contributed by atoms with van der Waals surface area (Å²) in [6.07, 6.45) is 3.55. The van der Waals surface area contributed by atoms with Crippen LogP contribution in [0.3, 0.4) is 0 Å². The van der Waals surface area contributed by atoms with Crippen LogP contribution in [-0.2, 0) is 9.53 Å². The molecule has 1 N–H and O–H groups in total. The number of hydrogen-bond donors (Lipinski definition) is 1. The van der Waals surface area contributed by atoms with E-state index in [1.54, 1.807) is 0 Å². The van der Waals surface area contributed by atoms with Crippen LogP contribution in [0.1, 0.15) is 12.8 Å². The minimum atomic E-state index is -0.991. The second kappa shape index (κ2) is 4.33. The fraction of sp³-hybridized carbons (Fsp3) is 0.500. The van der Waals surface area contributed by atoms with Crippen LogP contribution in [-0.4, -0.2) is 24.3 Å². The van der Waals surface area contributed by atoms with Crippen LogP contribution in [0, 0.1) is 16.7 Å². The predicted octanol–water partition coefficient (Wildman–Crippen LogP) is 0.933. The molecule has 0 unspecified atom stereocenters. The largest absolute Gasteiger partial charge is 0.381 e. The van der Waals surface area contributed by atoms with Crippen molar-refractivity contribution in [2.45, 2.75) is 12.8 Å². The Kier molecular flexibility index (Phi) is 2.88.